The maximum absolute atomic E-state index is 9.71. The Labute approximate surface area is 124 Å². The highest BCUT2D eigenvalue weighted by Crippen LogP contribution is 2.39. The molecule has 0 spiro atoms. The van der Waals surface area contributed by atoms with Crippen molar-refractivity contribution in [1.29, 1.82) is 0 Å². The predicted molar refractivity (Wildman–Crippen MR) is 81.1 cm³/mol. The van der Waals surface area contributed by atoms with E-state index >= 15 is 0 Å². The maximum Gasteiger partial charge on any atom is 0.157 e. The highest BCUT2D eigenvalue weighted by atomic mass is 16.5. The van der Waals surface area contributed by atoms with Crippen LogP contribution in [0.5, 0.6) is 17.2 Å². The van der Waals surface area contributed by atoms with Crippen molar-refractivity contribution in [3.05, 3.63) is 53.6 Å². The smallest absolute Gasteiger partial charge is 0.157 e. The molecular weight excluding hydrogens is 266 g/mol. The molecular formula is C17H19NO3. The maximum atomic E-state index is 9.71. The average Bonchev–Trinajstić information content (AvgIpc) is 2.99. The van der Waals surface area contributed by atoms with Crippen molar-refractivity contribution < 1.29 is 14.9 Å². The van der Waals surface area contributed by atoms with Gasteiger partial charge in [-0.25, -0.2) is 0 Å². The first kappa shape index (κ1) is 13.8. The molecule has 3 rings (SSSR count). The summed E-state index contributed by atoms with van der Waals surface area (Å²) in [4.78, 5) is 0. The van der Waals surface area contributed by atoms with Gasteiger partial charge in [0.15, 0.2) is 11.5 Å². The van der Waals surface area contributed by atoms with Crippen LogP contribution in [0, 0.1) is 0 Å². The summed E-state index contributed by atoms with van der Waals surface area (Å²) < 4.78 is 5.30. The van der Waals surface area contributed by atoms with Crippen molar-refractivity contribution >= 4 is 0 Å². The predicted octanol–water partition coefficient (Wildman–Crippen LogP) is 2.58. The Kier molecular flexibility index (Phi) is 3.71. The summed E-state index contributed by atoms with van der Waals surface area (Å²) in [6.07, 6.45) is 0. The van der Waals surface area contributed by atoms with Crippen LogP contribution in [0.1, 0.15) is 23.0 Å². The zero-order valence-electron chi connectivity index (χ0n) is 11.9. The SMILES string of the molecule is COc1cccc([C@H]2CNC[C@@H]2c2ccc(O)c(O)c2)c1. The van der Waals surface area contributed by atoms with Crippen molar-refractivity contribution in [2.75, 3.05) is 20.2 Å². The van der Waals surface area contributed by atoms with Crippen molar-refractivity contribution in [2.45, 2.75) is 11.8 Å². The lowest BCUT2D eigenvalue weighted by Gasteiger charge is -2.20. The number of nitrogens with one attached hydrogen (secondary N) is 1. The van der Waals surface area contributed by atoms with Crippen LogP contribution in [0.15, 0.2) is 42.5 Å². The molecule has 3 N–H and O–H groups in total. The lowest BCUT2D eigenvalue weighted by Crippen LogP contribution is -2.09. The average molecular weight is 285 g/mol. The van der Waals surface area contributed by atoms with Gasteiger partial charge in [0.05, 0.1) is 7.11 Å². The second-order valence-electron chi connectivity index (χ2n) is 5.40. The van der Waals surface area contributed by atoms with Gasteiger partial charge in [-0.05, 0) is 35.4 Å². The first-order chi connectivity index (χ1) is 10.2. The monoisotopic (exact) mass is 285 g/mol. The van der Waals surface area contributed by atoms with E-state index in [4.69, 9.17) is 4.74 Å². The highest BCUT2D eigenvalue weighted by molar-refractivity contribution is 5.44. The third-order valence-corrected chi connectivity index (χ3v) is 4.16. The molecule has 21 heavy (non-hydrogen) atoms. The molecule has 1 fully saturated rings. The largest absolute Gasteiger partial charge is 0.504 e. The van der Waals surface area contributed by atoms with E-state index in [1.165, 1.54) is 5.56 Å². The van der Waals surface area contributed by atoms with Crippen LogP contribution in [-0.4, -0.2) is 30.4 Å². The molecule has 2 aromatic carbocycles. The van der Waals surface area contributed by atoms with E-state index < -0.39 is 0 Å². The standard InChI is InChI=1S/C17H19NO3/c1-21-13-4-2-3-11(7-13)14-9-18-10-15(14)12-5-6-16(19)17(20)8-12/h2-8,14-15,18-20H,9-10H2,1H3/t14-,15-/m1/s1. The third-order valence-electron chi connectivity index (χ3n) is 4.16. The van der Waals surface area contributed by atoms with Gasteiger partial charge in [-0.15, -0.1) is 0 Å². The molecule has 1 aliphatic heterocycles. The quantitative estimate of drug-likeness (QED) is 0.759. The third kappa shape index (κ3) is 2.67. The van der Waals surface area contributed by atoms with E-state index in [-0.39, 0.29) is 17.4 Å². The molecule has 2 atom stereocenters. The van der Waals surface area contributed by atoms with Crippen LogP contribution >= 0.6 is 0 Å². The Hall–Kier alpha value is -2.20. The van der Waals surface area contributed by atoms with Crippen molar-refractivity contribution in [3.63, 3.8) is 0 Å². The molecule has 2 aromatic rings. The molecule has 0 unspecified atom stereocenters. The van der Waals surface area contributed by atoms with E-state index in [0.717, 1.165) is 24.4 Å². The van der Waals surface area contributed by atoms with Crippen molar-refractivity contribution in [3.8, 4) is 17.2 Å². The number of hydrogen-bond donors (Lipinski definition) is 3. The van der Waals surface area contributed by atoms with Gasteiger partial charge in [0, 0.05) is 24.9 Å². The van der Waals surface area contributed by atoms with Crippen molar-refractivity contribution in [2.24, 2.45) is 0 Å². The Balaban J connectivity index is 1.92. The number of benzene rings is 2. The molecule has 0 radical (unpaired) electrons. The molecule has 1 aliphatic rings. The van der Waals surface area contributed by atoms with Gasteiger partial charge in [-0.2, -0.15) is 0 Å². The minimum Gasteiger partial charge on any atom is -0.504 e. The molecule has 0 bridgehead atoms. The van der Waals surface area contributed by atoms with Gasteiger partial charge in [-0.3, -0.25) is 0 Å². The Morgan fingerprint density at radius 2 is 1.67 bits per heavy atom. The van der Waals surface area contributed by atoms with E-state index in [9.17, 15) is 10.2 Å². The molecule has 1 heterocycles. The zero-order chi connectivity index (χ0) is 14.8. The van der Waals surface area contributed by atoms with E-state index in [1.54, 1.807) is 19.2 Å². The second kappa shape index (κ2) is 5.66. The lowest BCUT2D eigenvalue weighted by molar-refractivity contribution is 0.402. The van der Waals surface area contributed by atoms with Gasteiger partial charge in [0.25, 0.3) is 0 Å². The van der Waals surface area contributed by atoms with Gasteiger partial charge in [-0.1, -0.05) is 18.2 Å². The molecule has 0 aliphatic carbocycles. The summed E-state index contributed by atoms with van der Waals surface area (Å²) in [6.45, 7) is 1.74. The van der Waals surface area contributed by atoms with Crippen molar-refractivity contribution in [1.82, 2.24) is 5.32 Å². The van der Waals surface area contributed by atoms with Gasteiger partial charge in [0.1, 0.15) is 5.75 Å². The number of methoxy groups -OCH3 is 1. The molecule has 110 valence electrons. The molecule has 4 nitrogen and oxygen atoms in total. The van der Waals surface area contributed by atoms with Crippen LogP contribution in [-0.2, 0) is 0 Å². The van der Waals surface area contributed by atoms with Crippen LogP contribution < -0.4 is 10.1 Å². The normalized spacial score (nSPS) is 21.4. The van der Waals surface area contributed by atoms with Gasteiger partial charge < -0.3 is 20.3 Å². The molecule has 0 amide bonds. The second-order valence-corrected chi connectivity index (χ2v) is 5.40. The zero-order valence-corrected chi connectivity index (χ0v) is 11.9. The summed E-state index contributed by atoms with van der Waals surface area (Å²) in [5, 5.41) is 22.6. The summed E-state index contributed by atoms with van der Waals surface area (Å²) >= 11 is 0. The number of ether oxygens (including phenoxy) is 1. The van der Waals surface area contributed by atoms with E-state index in [1.807, 2.05) is 18.2 Å². The van der Waals surface area contributed by atoms with Crippen LogP contribution in [0.25, 0.3) is 0 Å². The number of hydrogen-bond acceptors (Lipinski definition) is 4. The van der Waals surface area contributed by atoms with Crippen LogP contribution in [0.2, 0.25) is 0 Å². The number of aromatic hydroxyl groups is 2. The number of phenolic OH excluding ortho intramolecular Hbond substituents is 2. The summed E-state index contributed by atoms with van der Waals surface area (Å²) in [6, 6.07) is 13.2. The fourth-order valence-corrected chi connectivity index (χ4v) is 3.02. The summed E-state index contributed by atoms with van der Waals surface area (Å²) in [5.74, 6) is 1.30. The number of phenols is 2. The van der Waals surface area contributed by atoms with Crippen LogP contribution in [0.3, 0.4) is 0 Å². The first-order valence-electron chi connectivity index (χ1n) is 7.05. The minimum absolute atomic E-state index is 0.0659. The number of rotatable bonds is 3. The molecule has 0 saturated carbocycles. The lowest BCUT2D eigenvalue weighted by atomic mass is 9.84. The topological polar surface area (TPSA) is 61.7 Å². The van der Waals surface area contributed by atoms with Gasteiger partial charge >= 0.3 is 0 Å². The Morgan fingerprint density at radius 3 is 2.33 bits per heavy atom. The van der Waals surface area contributed by atoms with E-state index in [2.05, 4.69) is 17.4 Å². The van der Waals surface area contributed by atoms with Crippen LogP contribution in [0.4, 0.5) is 0 Å². The van der Waals surface area contributed by atoms with E-state index in [0.29, 0.717) is 5.92 Å². The molecule has 1 saturated heterocycles. The highest BCUT2D eigenvalue weighted by Gasteiger charge is 2.30. The Morgan fingerprint density at radius 1 is 0.952 bits per heavy atom. The fraction of sp³-hybridized carbons (Fsp3) is 0.294. The summed E-state index contributed by atoms with van der Waals surface area (Å²) in [5.41, 5.74) is 2.25. The molecule has 4 heteroatoms. The fourth-order valence-electron chi connectivity index (χ4n) is 3.02. The first-order valence-corrected chi connectivity index (χ1v) is 7.05. The Bertz CT molecular complexity index is 642. The molecule has 0 aromatic heterocycles. The van der Waals surface area contributed by atoms with Gasteiger partial charge in [0.2, 0.25) is 0 Å². The summed E-state index contributed by atoms with van der Waals surface area (Å²) in [7, 11) is 1.67. The minimum atomic E-state index is -0.0809.